The fraction of sp³-hybridized carbons (Fsp3) is 0. The van der Waals surface area contributed by atoms with E-state index in [9.17, 15) is 0 Å². The van der Waals surface area contributed by atoms with Crippen LogP contribution >= 0.6 is 27.3 Å². The SMILES string of the molecule is Brc1cccnc1C#Cc1ccsc1. The number of thiophene rings is 1. The van der Waals surface area contributed by atoms with E-state index in [4.69, 9.17) is 0 Å². The van der Waals surface area contributed by atoms with Crippen molar-refractivity contribution in [2.45, 2.75) is 0 Å². The van der Waals surface area contributed by atoms with Gasteiger partial charge in [0.05, 0.1) is 4.47 Å². The van der Waals surface area contributed by atoms with Gasteiger partial charge in [-0.1, -0.05) is 5.92 Å². The van der Waals surface area contributed by atoms with Crippen molar-refractivity contribution in [2.24, 2.45) is 0 Å². The molecule has 0 fully saturated rings. The minimum absolute atomic E-state index is 0.777. The Kier molecular flexibility index (Phi) is 2.97. The van der Waals surface area contributed by atoms with Crippen LogP contribution in [0.4, 0.5) is 0 Å². The molecule has 0 aliphatic carbocycles. The molecular weight excluding hydrogens is 258 g/mol. The molecule has 0 radical (unpaired) electrons. The summed E-state index contributed by atoms with van der Waals surface area (Å²) in [5.74, 6) is 6.06. The molecule has 2 rings (SSSR count). The van der Waals surface area contributed by atoms with Gasteiger partial charge in [-0.3, -0.25) is 0 Å². The lowest BCUT2D eigenvalue weighted by atomic mass is 10.3. The van der Waals surface area contributed by atoms with Gasteiger partial charge in [-0.2, -0.15) is 11.3 Å². The minimum atomic E-state index is 0.777. The summed E-state index contributed by atoms with van der Waals surface area (Å²) < 4.78 is 0.933. The maximum absolute atomic E-state index is 4.16. The van der Waals surface area contributed by atoms with Gasteiger partial charge in [0.25, 0.3) is 0 Å². The van der Waals surface area contributed by atoms with Crippen molar-refractivity contribution in [2.75, 3.05) is 0 Å². The first kappa shape index (κ1) is 9.45. The highest BCUT2D eigenvalue weighted by molar-refractivity contribution is 9.10. The van der Waals surface area contributed by atoms with Gasteiger partial charge < -0.3 is 0 Å². The summed E-state index contributed by atoms with van der Waals surface area (Å²) in [6, 6.07) is 5.80. The van der Waals surface area contributed by atoms with Gasteiger partial charge in [0.1, 0.15) is 5.69 Å². The van der Waals surface area contributed by atoms with Crippen molar-refractivity contribution in [3.8, 4) is 11.8 Å². The van der Waals surface area contributed by atoms with Gasteiger partial charge in [-0.05, 0) is 45.4 Å². The van der Waals surface area contributed by atoms with E-state index in [-0.39, 0.29) is 0 Å². The largest absolute Gasteiger partial charge is 0.247 e. The highest BCUT2D eigenvalue weighted by Crippen LogP contribution is 2.12. The Morgan fingerprint density at radius 3 is 2.93 bits per heavy atom. The molecular formula is C11H6BrNS. The molecule has 0 atom stereocenters. The van der Waals surface area contributed by atoms with Crippen LogP contribution in [-0.2, 0) is 0 Å². The number of aromatic nitrogens is 1. The molecule has 14 heavy (non-hydrogen) atoms. The third-order valence-electron chi connectivity index (χ3n) is 1.60. The summed E-state index contributed by atoms with van der Waals surface area (Å²) in [5, 5.41) is 4.03. The Morgan fingerprint density at radius 2 is 2.21 bits per heavy atom. The van der Waals surface area contributed by atoms with Crippen LogP contribution in [0.15, 0.2) is 39.6 Å². The molecule has 2 aromatic heterocycles. The van der Waals surface area contributed by atoms with Gasteiger partial charge in [0.15, 0.2) is 0 Å². The van der Waals surface area contributed by atoms with Crippen LogP contribution in [0.3, 0.4) is 0 Å². The van der Waals surface area contributed by atoms with Crippen molar-refractivity contribution in [1.29, 1.82) is 0 Å². The molecule has 0 amide bonds. The Labute approximate surface area is 94.9 Å². The predicted octanol–water partition coefficient (Wildman–Crippen LogP) is 3.31. The second-order valence-electron chi connectivity index (χ2n) is 2.60. The quantitative estimate of drug-likeness (QED) is 0.665. The minimum Gasteiger partial charge on any atom is -0.247 e. The highest BCUT2D eigenvalue weighted by atomic mass is 79.9. The maximum atomic E-state index is 4.16. The van der Waals surface area contributed by atoms with E-state index in [0.29, 0.717) is 0 Å². The fourth-order valence-electron chi connectivity index (χ4n) is 0.945. The third-order valence-corrected chi connectivity index (χ3v) is 2.93. The molecule has 0 spiro atoms. The van der Waals surface area contributed by atoms with Crippen LogP contribution in [0.25, 0.3) is 0 Å². The summed E-state index contributed by atoms with van der Waals surface area (Å²) in [6.45, 7) is 0. The molecule has 0 saturated heterocycles. The molecule has 2 aromatic rings. The average molecular weight is 264 g/mol. The van der Waals surface area contributed by atoms with Gasteiger partial charge in [0, 0.05) is 17.1 Å². The Morgan fingerprint density at radius 1 is 1.29 bits per heavy atom. The first-order valence-corrected chi connectivity index (χ1v) is 5.74. The van der Waals surface area contributed by atoms with Crippen LogP contribution in [0.1, 0.15) is 11.3 Å². The Hall–Kier alpha value is -1.11. The summed E-state index contributed by atoms with van der Waals surface area (Å²) in [4.78, 5) is 4.16. The van der Waals surface area contributed by atoms with Crippen molar-refractivity contribution in [3.05, 3.63) is 50.9 Å². The molecule has 0 aliphatic heterocycles. The van der Waals surface area contributed by atoms with E-state index in [0.717, 1.165) is 15.7 Å². The number of rotatable bonds is 0. The van der Waals surface area contributed by atoms with Crippen molar-refractivity contribution in [1.82, 2.24) is 4.98 Å². The molecule has 0 aromatic carbocycles. The zero-order valence-electron chi connectivity index (χ0n) is 7.20. The van der Waals surface area contributed by atoms with Crippen LogP contribution in [0.2, 0.25) is 0 Å². The summed E-state index contributed by atoms with van der Waals surface area (Å²) in [7, 11) is 0. The van der Waals surface area contributed by atoms with E-state index in [1.165, 1.54) is 0 Å². The zero-order valence-corrected chi connectivity index (χ0v) is 9.60. The van der Waals surface area contributed by atoms with Crippen LogP contribution in [0.5, 0.6) is 0 Å². The van der Waals surface area contributed by atoms with E-state index >= 15 is 0 Å². The predicted molar refractivity (Wildman–Crippen MR) is 62.2 cm³/mol. The van der Waals surface area contributed by atoms with Gasteiger partial charge >= 0.3 is 0 Å². The number of hydrogen-bond acceptors (Lipinski definition) is 2. The van der Waals surface area contributed by atoms with Crippen molar-refractivity contribution in [3.63, 3.8) is 0 Å². The van der Waals surface area contributed by atoms with E-state index < -0.39 is 0 Å². The first-order valence-electron chi connectivity index (χ1n) is 4.01. The normalized spacial score (nSPS) is 9.21. The van der Waals surface area contributed by atoms with Crippen molar-refractivity contribution < 1.29 is 0 Å². The molecule has 0 aliphatic rings. The number of halogens is 1. The Balaban J connectivity index is 2.31. The third kappa shape index (κ3) is 2.22. The zero-order chi connectivity index (χ0) is 9.80. The molecule has 1 nitrogen and oxygen atoms in total. The van der Waals surface area contributed by atoms with Crippen LogP contribution in [-0.4, -0.2) is 4.98 Å². The average Bonchev–Trinajstić information content (AvgIpc) is 2.69. The lowest BCUT2D eigenvalue weighted by Gasteiger charge is -1.91. The van der Waals surface area contributed by atoms with Crippen LogP contribution < -0.4 is 0 Å². The van der Waals surface area contributed by atoms with E-state index in [2.05, 4.69) is 32.8 Å². The first-order chi connectivity index (χ1) is 6.86. The topological polar surface area (TPSA) is 12.9 Å². The summed E-state index contributed by atoms with van der Waals surface area (Å²) >= 11 is 5.04. The Bertz CT molecular complexity index is 479. The molecule has 0 bridgehead atoms. The highest BCUT2D eigenvalue weighted by Gasteiger charge is 1.94. The van der Waals surface area contributed by atoms with Gasteiger partial charge in [-0.25, -0.2) is 4.98 Å². The van der Waals surface area contributed by atoms with E-state index in [1.54, 1.807) is 17.5 Å². The van der Waals surface area contributed by atoms with Crippen LogP contribution in [0, 0.1) is 11.8 Å². The summed E-state index contributed by atoms with van der Waals surface area (Å²) in [5.41, 5.74) is 1.81. The number of nitrogens with zero attached hydrogens (tertiary/aromatic N) is 1. The molecule has 3 heteroatoms. The summed E-state index contributed by atoms with van der Waals surface area (Å²) in [6.07, 6.45) is 1.74. The smallest absolute Gasteiger partial charge is 0.127 e. The fourth-order valence-corrected chi connectivity index (χ4v) is 1.89. The van der Waals surface area contributed by atoms with Gasteiger partial charge in [-0.15, -0.1) is 0 Å². The number of hydrogen-bond donors (Lipinski definition) is 0. The standard InChI is InChI=1S/C11H6BrNS/c12-10-2-1-6-13-11(10)4-3-9-5-7-14-8-9/h1-2,5-8H. The molecule has 2 heterocycles. The molecule has 0 unspecified atom stereocenters. The lowest BCUT2D eigenvalue weighted by Crippen LogP contribution is -1.81. The second-order valence-corrected chi connectivity index (χ2v) is 4.23. The molecule has 68 valence electrons. The lowest BCUT2D eigenvalue weighted by molar-refractivity contribution is 1.27. The second kappa shape index (κ2) is 4.41. The monoisotopic (exact) mass is 263 g/mol. The van der Waals surface area contributed by atoms with E-state index in [1.807, 2.05) is 29.0 Å². The number of pyridine rings is 1. The maximum Gasteiger partial charge on any atom is 0.127 e. The van der Waals surface area contributed by atoms with Gasteiger partial charge in [0.2, 0.25) is 0 Å². The van der Waals surface area contributed by atoms with Crippen molar-refractivity contribution >= 4 is 27.3 Å². The molecule has 0 saturated carbocycles. The molecule has 0 N–H and O–H groups in total.